The summed E-state index contributed by atoms with van der Waals surface area (Å²) in [6.45, 7) is 0. The number of hydrogen-bond donors (Lipinski definition) is 1. The Morgan fingerprint density at radius 2 is 0.784 bits per heavy atom. The molecule has 1 heterocycles. The van der Waals surface area contributed by atoms with Gasteiger partial charge in [0.25, 0.3) is 0 Å². The fraction of sp³-hybridized carbons (Fsp3) is 0.0204. The average molecular weight is 652 g/mol. The van der Waals surface area contributed by atoms with Crippen molar-refractivity contribution in [3.63, 3.8) is 0 Å². The second-order valence-electron chi connectivity index (χ2n) is 13.4. The van der Waals surface area contributed by atoms with E-state index in [1.165, 1.54) is 66.8 Å². The maximum atomic E-state index is 6.57. The van der Waals surface area contributed by atoms with Crippen LogP contribution in [-0.2, 0) is 5.41 Å². The van der Waals surface area contributed by atoms with E-state index in [-0.39, 0.29) is 0 Å². The van der Waals surface area contributed by atoms with Crippen molar-refractivity contribution < 1.29 is 4.74 Å². The molecule has 0 saturated heterocycles. The summed E-state index contributed by atoms with van der Waals surface area (Å²) in [7, 11) is 0. The first-order valence-corrected chi connectivity index (χ1v) is 17.5. The summed E-state index contributed by atoms with van der Waals surface area (Å²) in [4.78, 5) is 0. The van der Waals surface area contributed by atoms with Gasteiger partial charge in [-0.1, -0.05) is 146 Å². The molecule has 2 heteroatoms. The molecule has 2 nitrogen and oxygen atoms in total. The van der Waals surface area contributed by atoms with E-state index in [9.17, 15) is 0 Å². The highest BCUT2D eigenvalue weighted by atomic mass is 16.5. The lowest BCUT2D eigenvalue weighted by atomic mass is 9.66. The SMILES string of the molecule is c1ccc(-c2cc(Nc3ccc4c(c3)-c3cc(-c5ccccc5)ccc3C43c4ccccc4Oc4ccccc43)cc(-c3ccccc3)c2)cc1. The molecule has 1 aliphatic heterocycles. The van der Waals surface area contributed by atoms with Gasteiger partial charge in [0, 0.05) is 22.5 Å². The molecule has 0 saturated carbocycles. The van der Waals surface area contributed by atoms with E-state index in [0.29, 0.717) is 0 Å². The predicted octanol–water partition coefficient (Wildman–Crippen LogP) is 12.9. The second-order valence-corrected chi connectivity index (χ2v) is 13.4. The molecule has 1 N–H and O–H groups in total. The maximum absolute atomic E-state index is 6.57. The van der Waals surface area contributed by atoms with Gasteiger partial charge >= 0.3 is 0 Å². The third-order valence-electron chi connectivity index (χ3n) is 10.5. The lowest BCUT2D eigenvalue weighted by Gasteiger charge is -2.39. The van der Waals surface area contributed by atoms with Crippen molar-refractivity contribution in [2.45, 2.75) is 5.41 Å². The van der Waals surface area contributed by atoms with Crippen LogP contribution in [0.2, 0.25) is 0 Å². The molecule has 0 unspecified atom stereocenters. The predicted molar refractivity (Wildman–Crippen MR) is 210 cm³/mol. The largest absolute Gasteiger partial charge is 0.457 e. The molecule has 10 rings (SSSR count). The van der Waals surface area contributed by atoms with Crippen LogP contribution in [0.3, 0.4) is 0 Å². The molecule has 0 atom stereocenters. The molecule has 51 heavy (non-hydrogen) atoms. The van der Waals surface area contributed by atoms with E-state index in [4.69, 9.17) is 4.74 Å². The van der Waals surface area contributed by atoms with Crippen molar-refractivity contribution in [2.75, 3.05) is 5.32 Å². The molecular weight excluding hydrogens is 619 g/mol. The smallest absolute Gasteiger partial charge is 0.132 e. The molecule has 1 spiro atoms. The molecule has 8 aromatic carbocycles. The molecule has 0 bridgehead atoms. The second kappa shape index (κ2) is 11.8. The molecule has 0 aromatic heterocycles. The number of hydrogen-bond acceptors (Lipinski definition) is 2. The number of fused-ring (bicyclic) bond motifs is 9. The van der Waals surface area contributed by atoms with Gasteiger partial charge in [-0.3, -0.25) is 0 Å². The molecule has 0 fully saturated rings. The number of rotatable bonds is 5. The Kier molecular flexibility index (Phi) is 6.75. The number of para-hydroxylation sites is 2. The van der Waals surface area contributed by atoms with Crippen LogP contribution in [0, 0.1) is 0 Å². The highest BCUT2D eigenvalue weighted by Gasteiger charge is 2.51. The van der Waals surface area contributed by atoms with Crippen LogP contribution in [0.4, 0.5) is 11.4 Å². The molecular formula is C49H33NO. The van der Waals surface area contributed by atoms with Crippen LogP contribution < -0.4 is 10.1 Å². The topological polar surface area (TPSA) is 21.3 Å². The Morgan fingerprint density at radius 1 is 0.314 bits per heavy atom. The first-order valence-electron chi connectivity index (χ1n) is 17.5. The van der Waals surface area contributed by atoms with E-state index in [1.54, 1.807) is 0 Å². The molecule has 240 valence electrons. The Morgan fingerprint density at radius 3 is 1.35 bits per heavy atom. The normalized spacial score (nSPS) is 13.0. The fourth-order valence-electron chi connectivity index (χ4n) is 8.26. The highest BCUT2D eigenvalue weighted by molar-refractivity contribution is 5.92. The van der Waals surface area contributed by atoms with Gasteiger partial charge in [-0.05, 0) is 104 Å². The molecule has 8 aromatic rings. The number of ether oxygens (including phenoxy) is 1. The van der Waals surface area contributed by atoms with Gasteiger partial charge in [0.05, 0.1) is 5.41 Å². The Bertz CT molecular complexity index is 2470. The van der Waals surface area contributed by atoms with Gasteiger partial charge in [0.1, 0.15) is 11.5 Å². The summed E-state index contributed by atoms with van der Waals surface area (Å²) in [5.41, 5.74) is 16.0. The van der Waals surface area contributed by atoms with Gasteiger partial charge < -0.3 is 10.1 Å². The lowest BCUT2D eigenvalue weighted by Crippen LogP contribution is -2.32. The van der Waals surface area contributed by atoms with Crippen LogP contribution in [0.5, 0.6) is 11.5 Å². The van der Waals surface area contributed by atoms with Crippen molar-refractivity contribution in [1.82, 2.24) is 0 Å². The molecule has 1 aliphatic carbocycles. The van der Waals surface area contributed by atoms with E-state index in [0.717, 1.165) is 22.9 Å². The van der Waals surface area contributed by atoms with E-state index in [1.807, 2.05) is 0 Å². The zero-order valence-electron chi connectivity index (χ0n) is 27.9. The van der Waals surface area contributed by atoms with E-state index < -0.39 is 5.41 Å². The minimum Gasteiger partial charge on any atom is -0.457 e. The fourth-order valence-corrected chi connectivity index (χ4v) is 8.26. The van der Waals surface area contributed by atoms with Crippen LogP contribution >= 0.6 is 0 Å². The highest BCUT2D eigenvalue weighted by Crippen LogP contribution is 2.62. The minimum atomic E-state index is -0.516. The van der Waals surface area contributed by atoms with E-state index >= 15 is 0 Å². The number of benzene rings is 8. The van der Waals surface area contributed by atoms with Gasteiger partial charge in [0.2, 0.25) is 0 Å². The van der Waals surface area contributed by atoms with Crippen molar-refractivity contribution in [1.29, 1.82) is 0 Å². The van der Waals surface area contributed by atoms with E-state index in [2.05, 4.69) is 199 Å². The average Bonchev–Trinajstić information content (AvgIpc) is 3.48. The Balaban J connectivity index is 1.17. The summed E-state index contributed by atoms with van der Waals surface area (Å²) in [5.74, 6) is 1.80. The van der Waals surface area contributed by atoms with Gasteiger partial charge in [0.15, 0.2) is 0 Å². The zero-order chi connectivity index (χ0) is 33.8. The van der Waals surface area contributed by atoms with Gasteiger partial charge in [-0.2, -0.15) is 0 Å². The van der Waals surface area contributed by atoms with Crippen molar-refractivity contribution in [2.24, 2.45) is 0 Å². The van der Waals surface area contributed by atoms with Crippen LogP contribution in [0.25, 0.3) is 44.5 Å². The zero-order valence-corrected chi connectivity index (χ0v) is 27.9. The first kappa shape index (κ1) is 29.3. The van der Waals surface area contributed by atoms with Crippen LogP contribution in [-0.4, -0.2) is 0 Å². The summed E-state index contributed by atoms with van der Waals surface area (Å²) >= 11 is 0. The summed E-state index contributed by atoms with van der Waals surface area (Å²) in [5, 5.41) is 3.84. The summed E-state index contributed by atoms with van der Waals surface area (Å²) < 4.78 is 6.57. The maximum Gasteiger partial charge on any atom is 0.132 e. The molecule has 0 amide bonds. The standard InChI is InChI=1S/C49H33NO/c1-4-14-33(15-5-1)36-24-26-43-41(31-36)42-32-39(25-27-44(42)49(43)45-20-10-12-22-47(45)51-48-23-13-11-21-46(48)49)50-40-29-37(34-16-6-2-7-17-34)28-38(30-40)35-18-8-3-9-19-35/h1-32,50H. The summed E-state index contributed by atoms with van der Waals surface area (Å²) in [6.07, 6.45) is 0. The number of anilines is 2. The third kappa shape index (κ3) is 4.72. The van der Waals surface area contributed by atoms with Crippen molar-refractivity contribution >= 4 is 11.4 Å². The minimum absolute atomic E-state index is 0.516. The summed E-state index contributed by atoms with van der Waals surface area (Å²) in [6, 6.07) is 69.7. The van der Waals surface area contributed by atoms with Gasteiger partial charge in [-0.25, -0.2) is 0 Å². The monoisotopic (exact) mass is 651 g/mol. The third-order valence-corrected chi connectivity index (χ3v) is 10.5. The quantitative estimate of drug-likeness (QED) is 0.200. The van der Waals surface area contributed by atoms with Crippen molar-refractivity contribution in [3.05, 3.63) is 216 Å². The van der Waals surface area contributed by atoms with Crippen LogP contribution in [0.1, 0.15) is 22.3 Å². The molecule has 2 aliphatic rings. The number of nitrogens with one attached hydrogen (secondary N) is 1. The first-order chi connectivity index (χ1) is 25.3. The van der Waals surface area contributed by atoms with Gasteiger partial charge in [-0.15, -0.1) is 0 Å². The van der Waals surface area contributed by atoms with Crippen molar-refractivity contribution in [3.8, 4) is 56.0 Å². The van der Waals surface area contributed by atoms with Crippen LogP contribution in [0.15, 0.2) is 194 Å². The Labute approximate surface area is 298 Å². The lowest BCUT2D eigenvalue weighted by molar-refractivity contribution is 0.436. The molecule has 0 radical (unpaired) electrons. The Hall–Kier alpha value is -6.64.